The third-order valence-electron chi connectivity index (χ3n) is 5.33. The summed E-state index contributed by atoms with van der Waals surface area (Å²) in [6.07, 6.45) is 3.10. The van der Waals surface area contributed by atoms with Gasteiger partial charge >= 0.3 is 0 Å². The smallest absolute Gasteiger partial charge is 0.262 e. The quantitative estimate of drug-likeness (QED) is 0.507. The first-order valence-electron chi connectivity index (χ1n) is 10.1. The summed E-state index contributed by atoms with van der Waals surface area (Å²) < 4.78 is 1.68. The molecule has 4 rings (SSSR count). The van der Waals surface area contributed by atoms with E-state index in [9.17, 15) is 9.59 Å². The van der Waals surface area contributed by atoms with E-state index in [0.717, 1.165) is 19.3 Å². The monoisotopic (exact) mass is 407 g/mol. The molecule has 0 spiro atoms. The van der Waals surface area contributed by atoms with Gasteiger partial charge in [0.2, 0.25) is 5.91 Å². The van der Waals surface area contributed by atoms with Gasteiger partial charge in [0.1, 0.15) is 0 Å². The van der Waals surface area contributed by atoms with Crippen LogP contribution in [0.25, 0.3) is 10.9 Å². The van der Waals surface area contributed by atoms with Crippen molar-refractivity contribution in [1.82, 2.24) is 14.9 Å². The number of amides is 1. The summed E-state index contributed by atoms with van der Waals surface area (Å²) in [5, 5.41) is 4.36. The van der Waals surface area contributed by atoms with Crippen LogP contribution >= 0.6 is 11.8 Å². The van der Waals surface area contributed by atoms with Gasteiger partial charge in [-0.05, 0) is 56.4 Å². The molecular weight excluding hydrogens is 382 g/mol. The highest BCUT2D eigenvalue weighted by molar-refractivity contribution is 7.99. The van der Waals surface area contributed by atoms with Gasteiger partial charge in [0.15, 0.2) is 5.16 Å². The zero-order valence-electron chi connectivity index (χ0n) is 16.7. The Labute approximate surface area is 174 Å². The molecule has 2 aromatic carbocycles. The molecule has 1 amide bonds. The number of aromatic nitrogens is 2. The molecule has 29 heavy (non-hydrogen) atoms. The number of thioether (sulfide) groups is 1. The number of para-hydroxylation sites is 1. The number of hydrogen-bond donors (Lipinski definition) is 1. The van der Waals surface area contributed by atoms with Gasteiger partial charge in [0.05, 0.1) is 22.7 Å². The minimum Gasteiger partial charge on any atom is -0.349 e. The molecule has 1 aliphatic rings. The van der Waals surface area contributed by atoms with E-state index in [1.165, 1.54) is 22.9 Å². The second-order valence-corrected chi connectivity index (χ2v) is 8.62. The molecule has 0 saturated heterocycles. The summed E-state index contributed by atoms with van der Waals surface area (Å²) in [7, 11) is 0. The SMILES string of the molecule is CC(C)n1c(SCC(=O)N[C@H]2CCCc3ccccc32)nc2ccccc2c1=O. The fraction of sp³-hybridized carbons (Fsp3) is 0.348. The van der Waals surface area contributed by atoms with Gasteiger partial charge in [-0.2, -0.15) is 0 Å². The Morgan fingerprint density at radius 3 is 2.79 bits per heavy atom. The Morgan fingerprint density at radius 2 is 1.97 bits per heavy atom. The van der Waals surface area contributed by atoms with E-state index in [-0.39, 0.29) is 29.3 Å². The molecule has 1 aromatic heterocycles. The van der Waals surface area contributed by atoms with Crippen molar-refractivity contribution in [2.45, 2.75) is 50.4 Å². The second-order valence-electron chi connectivity index (χ2n) is 7.68. The van der Waals surface area contributed by atoms with Gasteiger partial charge < -0.3 is 5.32 Å². The Morgan fingerprint density at radius 1 is 1.21 bits per heavy atom. The molecule has 0 bridgehead atoms. The summed E-state index contributed by atoms with van der Waals surface area (Å²) in [5.74, 6) is 0.199. The molecule has 0 unspecified atom stereocenters. The number of fused-ring (bicyclic) bond motifs is 2. The summed E-state index contributed by atoms with van der Waals surface area (Å²) >= 11 is 1.32. The highest BCUT2D eigenvalue weighted by atomic mass is 32.2. The van der Waals surface area contributed by atoms with E-state index in [1.54, 1.807) is 10.6 Å². The van der Waals surface area contributed by atoms with Gasteiger partial charge in [-0.3, -0.25) is 14.2 Å². The van der Waals surface area contributed by atoms with Crippen LogP contribution in [0.5, 0.6) is 0 Å². The van der Waals surface area contributed by atoms with Crippen LogP contribution < -0.4 is 10.9 Å². The first kappa shape index (κ1) is 19.7. The highest BCUT2D eigenvalue weighted by Gasteiger charge is 2.22. The summed E-state index contributed by atoms with van der Waals surface area (Å²) in [6.45, 7) is 3.92. The van der Waals surface area contributed by atoms with Crippen LogP contribution in [0.1, 0.15) is 49.9 Å². The second kappa shape index (κ2) is 8.41. The van der Waals surface area contributed by atoms with Crippen molar-refractivity contribution in [2.75, 3.05) is 5.75 Å². The molecule has 1 N–H and O–H groups in total. The van der Waals surface area contributed by atoms with Gasteiger partial charge in [-0.15, -0.1) is 0 Å². The average molecular weight is 408 g/mol. The molecular formula is C23H25N3O2S. The third-order valence-corrected chi connectivity index (χ3v) is 6.28. The van der Waals surface area contributed by atoms with Crippen LogP contribution in [0, 0.1) is 0 Å². The summed E-state index contributed by atoms with van der Waals surface area (Å²) in [4.78, 5) is 30.2. The van der Waals surface area contributed by atoms with Crippen LogP contribution in [-0.4, -0.2) is 21.2 Å². The molecule has 1 atom stereocenters. The van der Waals surface area contributed by atoms with Gasteiger partial charge in [-0.1, -0.05) is 48.2 Å². The van der Waals surface area contributed by atoms with Crippen LogP contribution in [-0.2, 0) is 11.2 Å². The van der Waals surface area contributed by atoms with Crippen LogP contribution in [0.15, 0.2) is 58.5 Å². The Balaban J connectivity index is 1.52. The van der Waals surface area contributed by atoms with Crippen molar-refractivity contribution in [3.63, 3.8) is 0 Å². The van der Waals surface area contributed by atoms with E-state index in [0.29, 0.717) is 16.1 Å². The van der Waals surface area contributed by atoms with Gasteiger partial charge in [0, 0.05) is 6.04 Å². The number of carbonyl (C=O) groups excluding carboxylic acids is 1. The highest BCUT2D eigenvalue weighted by Crippen LogP contribution is 2.29. The topological polar surface area (TPSA) is 64.0 Å². The molecule has 0 radical (unpaired) electrons. The molecule has 150 valence electrons. The van der Waals surface area contributed by atoms with Gasteiger partial charge in [0.25, 0.3) is 5.56 Å². The van der Waals surface area contributed by atoms with Crippen molar-refractivity contribution < 1.29 is 4.79 Å². The number of hydrogen-bond acceptors (Lipinski definition) is 4. The summed E-state index contributed by atoms with van der Waals surface area (Å²) in [5.41, 5.74) is 3.15. The maximum absolute atomic E-state index is 12.9. The van der Waals surface area contributed by atoms with Gasteiger partial charge in [-0.25, -0.2) is 4.98 Å². The fourth-order valence-corrected chi connectivity index (χ4v) is 4.89. The lowest BCUT2D eigenvalue weighted by Crippen LogP contribution is -2.32. The number of rotatable bonds is 5. The fourth-order valence-electron chi connectivity index (χ4n) is 3.95. The van der Waals surface area contributed by atoms with Crippen molar-refractivity contribution >= 4 is 28.6 Å². The van der Waals surface area contributed by atoms with Crippen LogP contribution in [0.2, 0.25) is 0 Å². The van der Waals surface area contributed by atoms with E-state index < -0.39 is 0 Å². The largest absolute Gasteiger partial charge is 0.349 e. The minimum absolute atomic E-state index is 0.0320. The number of carbonyl (C=O) groups is 1. The maximum Gasteiger partial charge on any atom is 0.262 e. The Bertz CT molecular complexity index is 1110. The third kappa shape index (κ3) is 4.08. The molecule has 5 nitrogen and oxygen atoms in total. The van der Waals surface area contributed by atoms with Crippen LogP contribution in [0.3, 0.4) is 0 Å². The maximum atomic E-state index is 12.9. The van der Waals surface area contributed by atoms with Crippen molar-refractivity contribution in [3.05, 3.63) is 70.0 Å². The Hall–Kier alpha value is -2.60. The number of nitrogens with zero attached hydrogens (tertiary/aromatic N) is 2. The van der Waals surface area contributed by atoms with E-state index in [1.807, 2.05) is 38.1 Å². The van der Waals surface area contributed by atoms with Crippen molar-refractivity contribution in [2.24, 2.45) is 0 Å². The van der Waals surface area contributed by atoms with Crippen molar-refractivity contribution in [3.8, 4) is 0 Å². The van der Waals surface area contributed by atoms with Crippen molar-refractivity contribution in [1.29, 1.82) is 0 Å². The first-order chi connectivity index (χ1) is 14.0. The van der Waals surface area contributed by atoms with E-state index in [4.69, 9.17) is 0 Å². The zero-order valence-corrected chi connectivity index (χ0v) is 17.5. The molecule has 1 heterocycles. The normalized spacial score (nSPS) is 16.0. The molecule has 1 aliphatic carbocycles. The lowest BCUT2D eigenvalue weighted by molar-refractivity contribution is -0.119. The molecule has 3 aromatic rings. The standard InChI is InChI=1S/C23H25N3O2S/c1-15(2)26-22(28)18-11-5-6-12-20(18)25-23(26)29-14-21(27)24-19-13-7-9-16-8-3-4-10-17(16)19/h3-6,8,10-12,15,19H,7,9,13-14H2,1-2H3,(H,24,27)/t19-/m0/s1. The lowest BCUT2D eigenvalue weighted by Gasteiger charge is -2.26. The van der Waals surface area contributed by atoms with Crippen LogP contribution in [0.4, 0.5) is 0 Å². The molecule has 0 fully saturated rings. The molecule has 0 saturated carbocycles. The number of benzene rings is 2. The minimum atomic E-state index is -0.0604. The molecule has 6 heteroatoms. The van der Waals surface area contributed by atoms with E-state index >= 15 is 0 Å². The van der Waals surface area contributed by atoms with E-state index in [2.05, 4.69) is 28.5 Å². The predicted molar refractivity (Wildman–Crippen MR) is 117 cm³/mol. The average Bonchev–Trinajstić information content (AvgIpc) is 2.72. The molecule has 0 aliphatic heterocycles. The summed E-state index contributed by atoms with van der Waals surface area (Å²) in [6, 6.07) is 15.7. The number of nitrogens with one attached hydrogen (secondary N) is 1. The first-order valence-corrected chi connectivity index (χ1v) is 11.0. The lowest BCUT2D eigenvalue weighted by atomic mass is 9.88. The zero-order chi connectivity index (χ0) is 20.4. The Kier molecular flexibility index (Phi) is 5.72. The predicted octanol–water partition coefficient (Wildman–Crippen LogP) is 4.26. The number of aryl methyl sites for hydroxylation is 1.